The van der Waals surface area contributed by atoms with Gasteiger partial charge in [-0.1, -0.05) is 248 Å². The summed E-state index contributed by atoms with van der Waals surface area (Å²) >= 11 is 0. The Labute approximate surface area is 449 Å². The Hall–Kier alpha value is -9.32. The van der Waals surface area contributed by atoms with Gasteiger partial charge in [-0.25, -0.2) is 0 Å². The lowest BCUT2D eigenvalue weighted by molar-refractivity contribution is 0.478. The van der Waals surface area contributed by atoms with E-state index in [1.807, 2.05) is 24.3 Å². The predicted molar refractivity (Wildman–Crippen MR) is 323 cm³/mol. The van der Waals surface area contributed by atoms with Crippen LogP contribution in [0.4, 0.5) is 34.1 Å². The van der Waals surface area contributed by atoms with Gasteiger partial charge in [-0.15, -0.1) is 0 Å². The number of furan rings is 2. The number of aromatic hydroxyl groups is 1. The number of phenols is 1. The molecule has 0 amide bonds. The van der Waals surface area contributed by atoms with E-state index >= 15 is 0 Å². The van der Waals surface area contributed by atoms with E-state index in [0.717, 1.165) is 116 Å². The van der Waals surface area contributed by atoms with Gasteiger partial charge in [-0.2, -0.15) is 0 Å². The smallest absolute Gasteiger partial charge is 0.162 e. The molecule has 1 N–H and O–H groups in total. The van der Waals surface area contributed by atoms with E-state index in [-0.39, 0.29) is 16.6 Å². The molecule has 0 aliphatic heterocycles. The molecule has 13 aromatic rings. The van der Waals surface area contributed by atoms with E-state index in [0.29, 0.717) is 11.3 Å². The first-order chi connectivity index (χ1) is 37.4. The van der Waals surface area contributed by atoms with E-state index in [1.54, 1.807) is 0 Å². The highest BCUT2D eigenvalue weighted by atomic mass is 16.3. The number of para-hydroxylation sites is 6. The van der Waals surface area contributed by atoms with Crippen molar-refractivity contribution in [3.8, 4) is 39.1 Å². The van der Waals surface area contributed by atoms with Crippen LogP contribution in [0, 0.1) is 0 Å². The van der Waals surface area contributed by atoms with E-state index in [2.05, 4.69) is 264 Å². The van der Waals surface area contributed by atoms with Crippen LogP contribution in [0.25, 0.3) is 88.0 Å². The largest absolute Gasteiger partial charge is 0.505 e. The molecule has 374 valence electrons. The van der Waals surface area contributed by atoms with Gasteiger partial charge in [0.2, 0.25) is 0 Å². The quantitative estimate of drug-likeness (QED) is 0.146. The van der Waals surface area contributed by atoms with Crippen LogP contribution in [0.5, 0.6) is 5.75 Å². The van der Waals surface area contributed by atoms with Gasteiger partial charge in [0.25, 0.3) is 0 Å². The first kappa shape index (κ1) is 47.4. The second kappa shape index (κ2) is 18.5. The first-order valence-corrected chi connectivity index (χ1v) is 26.6. The predicted octanol–water partition coefficient (Wildman–Crippen LogP) is 20.9. The summed E-state index contributed by atoms with van der Waals surface area (Å²) in [6, 6.07) is 83.0. The molecule has 11 aromatic carbocycles. The van der Waals surface area contributed by atoms with Gasteiger partial charge in [0.15, 0.2) is 11.2 Å². The third kappa shape index (κ3) is 8.00. The van der Waals surface area contributed by atoms with Gasteiger partial charge in [0.05, 0.1) is 39.5 Å². The highest BCUT2D eigenvalue weighted by molar-refractivity contribution is 6.29. The zero-order valence-corrected chi connectivity index (χ0v) is 44.2. The minimum Gasteiger partial charge on any atom is -0.505 e. The lowest BCUT2D eigenvalue weighted by atomic mass is 9.85. The van der Waals surface area contributed by atoms with Crippen molar-refractivity contribution in [3.05, 3.63) is 248 Å². The first-order valence-electron chi connectivity index (χ1n) is 26.6. The molecule has 0 aliphatic rings. The molecule has 0 spiro atoms. The van der Waals surface area contributed by atoms with Crippen LogP contribution in [0.3, 0.4) is 0 Å². The van der Waals surface area contributed by atoms with Crippen molar-refractivity contribution in [2.24, 2.45) is 0 Å². The number of rotatable bonds is 9. The highest BCUT2D eigenvalue weighted by Crippen LogP contribution is 2.58. The summed E-state index contributed by atoms with van der Waals surface area (Å²) in [5.41, 5.74) is 16.1. The third-order valence-electron chi connectivity index (χ3n) is 15.2. The average Bonchev–Trinajstić information content (AvgIpc) is 4.30. The van der Waals surface area contributed by atoms with Gasteiger partial charge in [-0.3, -0.25) is 0 Å². The minimum atomic E-state index is -0.170. The Balaban J connectivity index is 1.19. The number of nitrogens with zero attached hydrogens (tertiary/aromatic N) is 2. The maximum atomic E-state index is 13.2. The van der Waals surface area contributed by atoms with Crippen LogP contribution in [0.1, 0.15) is 52.7 Å². The Bertz CT molecular complexity index is 4380. The maximum absolute atomic E-state index is 13.2. The monoisotopic (exact) mass is 998 g/mol. The number of fused-ring (bicyclic) bond motifs is 7. The van der Waals surface area contributed by atoms with E-state index in [9.17, 15) is 5.11 Å². The van der Waals surface area contributed by atoms with Crippen LogP contribution in [-0.2, 0) is 10.8 Å². The van der Waals surface area contributed by atoms with Crippen molar-refractivity contribution >= 4 is 88.8 Å². The molecule has 5 heteroatoms. The molecule has 0 fully saturated rings. The normalized spacial score (nSPS) is 12.1. The van der Waals surface area contributed by atoms with Gasteiger partial charge in [0, 0.05) is 49.2 Å². The molecule has 5 nitrogen and oxygen atoms in total. The number of hydrogen-bond acceptors (Lipinski definition) is 5. The maximum Gasteiger partial charge on any atom is 0.162 e. The van der Waals surface area contributed by atoms with Gasteiger partial charge in [0.1, 0.15) is 16.9 Å². The molecule has 13 rings (SSSR count). The summed E-state index contributed by atoms with van der Waals surface area (Å²) in [4.78, 5) is 4.66. The number of hydrogen-bond donors (Lipinski definition) is 1. The van der Waals surface area contributed by atoms with Gasteiger partial charge >= 0.3 is 0 Å². The lowest BCUT2D eigenvalue weighted by Gasteiger charge is -2.33. The number of phenolic OH excluding ortho intramolecular Hbond substituents is 1. The third-order valence-corrected chi connectivity index (χ3v) is 15.2. The van der Waals surface area contributed by atoms with Crippen molar-refractivity contribution in [2.75, 3.05) is 9.80 Å². The average molecular weight is 999 g/mol. The summed E-state index contributed by atoms with van der Waals surface area (Å²) in [5, 5.41) is 19.1. The van der Waals surface area contributed by atoms with Crippen molar-refractivity contribution in [3.63, 3.8) is 0 Å². The fourth-order valence-electron chi connectivity index (χ4n) is 11.5. The van der Waals surface area contributed by atoms with Crippen molar-refractivity contribution in [1.29, 1.82) is 0 Å². The molecule has 0 atom stereocenters. The summed E-state index contributed by atoms with van der Waals surface area (Å²) in [5.74, 6) is 0.156. The standard InChI is InChI=1S/C72H58N2O3/c1-71(2,3)49-30-21-29-48(45-49)52-36-23-42-61(67(52)75)73(59-40-18-15-31-50(59)46-25-9-7-10-26-46)66-54-34-14-13-33-53(54)65(64-57-35-17-20-44-63(57)76-70(64)66)74(60-41-19-16-32-51(60)47-27-11-8-12-28-47)62-43-24-38-56-55-37-22-39-58(72(4,5)6)68(55)77-69(56)62/h7-45,75H,1-6H3. The summed E-state index contributed by atoms with van der Waals surface area (Å²) < 4.78 is 14.8. The zero-order valence-electron chi connectivity index (χ0n) is 44.2. The topological polar surface area (TPSA) is 53.0 Å². The Morgan fingerprint density at radius 2 is 0.805 bits per heavy atom. The zero-order chi connectivity index (χ0) is 52.6. The molecule has 0 bridgehead atoms. The van der Waals surface area contributed by atoms with Crippen LogP contribution in [0.2, 0.25) is 0 Å². The van der Waals surface area contributed by atoms with Crippen molar-refractivity contribution in [1.82, 2.24) is 0 Å². The lowest BCUT2D eigenvalue weighted by Crippen LogP contribution is -2.15. The SMILES string of the molecule is CC(C)(C)c1cccc(-c2cccc(N(c3ccccc3-c3ccccc3)c3c4ccccc4c(N(c4ccccc4-c4ccccc4)c4cccc5c4oc4c(C(C)(C)C)cccc45)c4c3oc3ccccc34)c2O)c1. The molecule has 0 aliphatic carbocycles. The Kier molecular flexibility index (Phi) is 11.4. The summed E-state index contributed by atoms with van der Waals surface area (Å²) in [7, 11) is 0. The molecule has 2 aromatic heterocycles. The number of anilines is 6. The molecule has 77 heavy (non-hydrogen) atoms. The highest BCUT2D eigenvalue weighted by Gasteiger charge is 2.34. The minimum absolute atomic E-state index is 0.0990. The Morgan fingerprint density at radius 3 is 1.45 bits per heavy atom. The van der Waals surface area contributed by atoms with Crippen LogP contribution in [-0.4, -0.2) is 5.11 Å². The Morgan fingerprint density at radius 1 is 0.338 bits per heavy atom. The van der Waals surface area contributed by atoms with E-state index in [1.165, 1.54) is 5.56 Å². The molecule has 0 saturated heterocycles. The van der Waals surface area contributed by atoms with Gasteiger partial charge < -0.3 is 23.7 Å². The molecular weight excluding hydrogens is 941 g/mol. The van der Waals surface area contributed by atoms with Crippen molar-refractivity contribution < 1.29 is 13.9 Å². The second-order valence-electron chi connectivity index (χ2n) is 22.2. The molecule has 0 unspecified atom stereocenters. The van der Waals surface area contributed by atoms with E-state index in [4.69, 9.17) is 8.83 Å². The molecule has 0 saturated carbocycles. The van der Waals surface area contributed by atoms with Crippen LogP contribution >= 0.6 is 0 Å². The summed E-state index contributed by atoms with van der Waals surface area (Å²) in [6.45, 7) is 13.4. The van der Waals surface area contributed by atoms with Crippen molar-refractivity contribution in [2.45, 2.75) is 52.4 Å². The second-order valence-corrected chi connectivity index (χ2v) is 22.2. The van der Waals surface area contributed by atoms with Crippen LogP contribution in [0.15, 0.2) is 245 Å². The molecule has 0 radical (unpaired) electrons. The fraction of sp³-hybridized carbons (Fsp3) is 0.111. The van der Waals surface area contributed by atoms with Crippen LogP contribution < -0.4 is 9.80 Å². The van der Waals surface area contributed by atoms with E-state index < -0.39 is 0 Å². The fourth-order valence-corrected chi connectivity index (χ4v) is 11.5. The molecule has 2 heterocycles. The summed E-state index contributed by atoms with van der Waals surface area (Å²) in [6.07, 6.45) is 0. The number of benzene rings is 11. The van der Waals surface area contributed by atoms with Gasteiger partial charge in [-0.05, 0) is 63.4 Å². The molecular formula is C72H58N2O3.